The molecule has 50 valence electrons. The first-order chi connectivity index (χ1) is 4.61. The Bertz CT molecular complexity index is 232. The number of nitrogens with two attached hydrogens (primary N) is 1. The molecule has 0 heterocycles. The maximum atomic E-state index is 5.70. The van der Waals surface area contributed by atoms with Crippen LogP contribution < -0.4 is 11.2 Å². The fourth-order valence-corrected chi connectivity index (χ4v) is 1.01. The number of anilines is 1. The van der Waals surface area contributed by atoms with Gasteiger partial charge in [-0.25, -0.2) is 0 Å². The summed E-state index contributed by atoms with van der Waals surface area (Å²) in [5, 5.41) is 0. The molecule has 0 amide bonds. The zero-order valence-electron chi connectivity index (χ0n) is 6.31. The summed E-state index contributed by atoms with van der Waals surface area (Å²) in [6.45, 7) is 3.91. The summed E-state index contributed by atoms with van der Waals surface area (Å²) < 4.78 is 0. The van der Waals surface area contributed by atoms with E-state index in [1.54, 1.807) is 0 Å². The lowest BCUT2D eigenvalue weighted by molar-refractivity contribution is 1.43. The lowest BCUT2D eigenvalue weighted by Crippen LogP contribution is -2.11. The predicted octanol–water partition coefficient (Wildman–Crippen LogP) is 0.679. The second-order valence-electron chi connectivity index (χ2n) is 2.57. The van der Waals surface area contributed by atoms with E-state index < -0.39 is 0 Å². The predicted molar refractivity (Wildman–Crippen MR) is 45.7 cm³/mol. The third-order valence-electron chi connectivity index (χ3n) is 1.62. The summed E-state index contributed by atoms with van der Waals surface area (Å²) in [6.07, 6.45) is 0. The second-order valence-corrected chi connectivity index (χ2v) is 2.57. The highest BCUT2D eigenvalue weighted by molar-refractivity contribution is 6.34. The average molecular weight is 131 g/mol. The minimum atomic E-state index is 0.782. The number of rotatable bonds is 0. The van der Waals surface area contributed by atoms with Gasteiger partial charge in [0.2, 0.25) is 0 Å². The van der Waals surface area contributed by atoms with Gasteiger partial charge in [-0.05, 0) is 26.0 Å². The molecule has 0 atom stereocenters. The van der Waals surface area contributed by atoms with E-state index in [-0.39, 0.29) is 0 Å². The molecule has 2 heteroatoms. The third kappa shape index (κ3) is 1.15. The molecule has 0 spiro atoms. The highest BCUT2D eigenvalue weighted by atomic mass is 14.5. The van der Waals surface area contributed by atoms with Crippen molar-refractivity contribution in [2.24, 2.45) is 0 Å². The smallest absolute Gasteiger partial charge is 0.114 e. The minimum absolute atomic E-state index is 0.782. The second kappa shape index (κ2) is 2.37. The average Bonchev–Trinajstić information content (AvgIpc) is 1.82. The zero-order chi connectivity index (χ0) is 7.72. The van der Waals surface area contributed by atoms with Gasteiger partial charge in [-0.3, -0.25) is 0 Å². The van der Waals surface area contributed by atoms with Gasteiger partial charge < -0.3 is 5.73 Å². The van der Waals surface area contributed by atoms with Crippen molar-refractivity contribution in [1.82, 2.24) is 0 Å². The van der Waals surface area contributed by atoms with E-state index >= 15 is 0 Å². The quantitative estimate of drug-likeness (QED) is 0.406. The molecule has 0 bridgehead atoms. The number of nitrogen functional groups attached to an aromatic ring is 1. The minimum Gasteiger partial charge on any atom is -0.399 e. The Morgan fingerprint density at radius 3 is 2.00 bits per heavy atom. The van der Waals surface area contributed by atoms with Crippen molar-refractivity contribution in [1.29, 1.82) is 0 Å². The lowest BCUT2D eigenvalue weighted by Gasteiger charge is -2.05. The van der Waals surface area contributed by atoms with Gasteiger partial charge >= 0.3 is 0 Å². The molecule has 0 saturated heterocycles. The molecule has 0 aromatic heterocycles. The Labute approximate surface area is 62.7 Å². The molecule has 0 saturated carbocycles. The van der Waals surface area contributed by atoms with Crippen LogP contribution in [0.1, 0.15) is 11.1 Å². The van der Waals surface area contributed by atoms with Gasteiger partial charge in [-0.2, -0.15) is 0 Å². The Hall–Kier alpha value is -0.915. The largest absolute Gasteiger partial charge is 0.399 e. The zero-order valence-corrected chi connectivity index (χ0v) is 6.31. The van der Waals surface area contributed by atoms with E-state index in [0.717, 1.165) is 22.3 Å². The number of hydrogen-bond acceptors (Lipinski definition) is 1. The van der Waals surface area contributed by atoms with Crippen molar-refractivity contribution in [3.05, 3.63) is 23.3 Å². The third-order valence-corrected chi connectivity index (χ3v) is 1.62. The van der Waals surface area contributed by atoms with Crippen molar-refractivity contribution in [2.75, 3.05) is 5.73 Å². The molecule has 0 unspecified atom stereocenters. The standard InChI is InChI=1S/C8H10BN/c1-5-3-7(10)4-6(2)8(5)9/h3-4H,10H2,1-2H3. The van der Waals surface area contributed by atoms with E-state index in [4.69, 9.17) is 13.6 Å². The molecule has 1 aromatic carbocycles. The fraction of sp³-hybridized carbons (Fsp3) is 0.250. The van der Waals surface area contributed by atoms with Gasteiger partial charge in [-0.15, -0.1) is 0 Å². The summed E-state index contributed by atoms with van der Waals surface area (Å²) in [5.41, 5.74) is 9.30. The van der Waals surface area contributed by atoms with Crippen LogP contribution in [0.2, 0.25) is 0 Å². The molecule has 2 N–H and O–H groups in total. The van der Waals surface area contributed by atoms with E-state index in [1.807, 2.05) is 26.0 Å². The Balaban J connectivity index is 3.31. The molecule has 0 aliphatic heterocycles. The molecule has 1 rings (SSSR count). The lowest BCUT2D eigenvalue weighted by atomic mass is 9.86. The van der Waals surface area contributed by atoms with Crippen molar-refractivity contribution in [2.45, 2.75) is 13.8 Å². The van der Waals surface area contributed by atoms with Gasteiger partial charge in [0.1, 0.15) is 7.85 Å². The van der Waals surface area contributed by atoms with Crippen LogP contribution in [0.4, 0.5) is 5.69 Å². The van der Waals surface area contributed by atoms with E-state index in [2.05, 4.69) is 0 Å². The Morgan fingerprint density at radius 2 is 1.60 bits per heavy atom. The van der Waals surface area contributed by atoms with E-state index in [9.17, 15) is 0 Å². The molecule has 0 aliphatic carbocycles. The highest BCUT2D eigenvalue weighted by Gasteiger charge is 1.95. The number of benzene rings is 1. The normalized spacial score (nSPS) is 9.80. The number of aryl methyl sites for hydroxylation is 2. The van der Waals surface area contributed by atoms with Crippen LogP contribution in [0.15, 0.2) is 12.1 Å². The van der Waals surface area contributed by atoms with Crippen molar-refractivity contribution < 1.29 is 0 Å². The fourth-order valence-electron chi connectivity index (χ4n) is 1.01. The van der Waals surface area contributed by atoms with Crippen LogP contribution in [-0.4, -0.2) is 7.85 Å². The molecule has 1 aromatic rings. The first kappa shape index (κ1) is 7.20. The molecular formula is C8H10BN. The van der Waals surface area contributed by atoms with Crippen molar-refractivity contribution in [3.8, 4) is 0 Å². The monoisotopic (exact) mass is 131 g/mol. The summed E-state index contributed by atoms with van der Waals surface area (Å²) in [5.74, 6) is 0. The first-order valence-corrected chi connectivity index (χ1v) is 3.23. The van der Waals surface area contributed by atoms with Crippen molar-refractivity contribution in [3.63, 3.8) is 0 Å². The highest BCUT2D eigenvalue weighted by Crippen LogP contribution is 2.06. The van der Waals surface area contributed by atoms with E-state index in [0.29, 0.717) is 0 Å². The molecule has 0 fully saturated rings. The van der Waals surface area contributed by atoms with Crippen molar-refractivity contribution >= 4 is 19.0 Å². The summed E-state index contributed by atoms with van der Waals surface area (Å²) in [6, 6.07) is 3.75. The van der Waals surface area contributed by atoms with Crippen LogP contribution in [-0.2, 0) is 0 Å². The molecule has 1 nitrogen and oxygen atoms in total. The number of hydrogen-bond donors (Lipinski definition) is 1. The molecule has 10 heavy (non-hydrogen) atoms. The molecular weight excluding hydrogens is 121 g/mol. The molecule has 0 aliphatic rings. The summed E-state index contributed by atoms with van der Waals surface area (Å²) in [4.78, 5) is 0. The Morgan fingerprint density at radius 1 is 1.20 bits per heavy atom. The van der Waals surface area contributed by atoms with Gasteiger partial charge in [-0.1, -0.05) is 16.6 Å². The van der Waals surface area contributed by atoms with Crippen LogP contribution in [0.5, 0.6) is 0 Å². The molecule has 2 radical (unpaired) electrons. The van der Waals surface area contributed by atoms with Gasteiger partial charge in [0, 0.05) is 5.69 Å². The SMILES string of the molecule is [B]c1c(C)cc(N)cc1C. The van der Waals surface area contributed by atoms with Gasteiger partial charge in [0.25, 0.3) is 0 Å². The van der Waals surface area contributed by atoms with Gasteiger partial charge in [0.15, 0.2) is 0 Å². The maximum absolute atomic E-state index is 5.70. The maximum Gasteiger partial charge on any atom is 0.114 e. The first-order valence-electron chi connectivity index (χ1n) is 3.23. The van der Waals surface area contributed by atoms with Crippen LogP contribution >= 0.6 is 0 Å². The van der Waals surface area contributed by atoms with Crippen LogP contribution in [0, 0.1) is 13.8 Å². The summed E-state index contributed by atoms with van der Waals surface area (Å²) in [7, 11) is 5.70. The van der Waals surface area contributed by atoms with Crippen LogP contribution in [0.25, 0.3) is 0 Å². The summed E-state index contributed by atoms with van der Waals surface area (Å²) >= 11 is 0. The Kier molecular flexibility index (Phi) is 1.71. The topological polar surface area (TPSA) is 26.0 Å². The van der Waals surface area contributed by atoms with Gasteiger partial charge in [0.05, 0.1) is 0 Å². The van der Waals surface area contributed by atoms with E-state index in [1.165, 1.54) is 0 Å². The van der Waals surface area contributed by atoms with Crippen LogP contribution in [0.3, 0.4) is 0 Å².